The van der Waals surface area contributed by atoms with Gasteiger partial charge in [0.1, 0.15) is 11.6 Å². The highest BCUT2D eigenvalue weighted by molar-refractivity contribution is 6.62. The van der Waals surface area contributed by atoms with E-state index in [9.17, 15) is 36.7 Å². The van der Waals surface area contributed by atoms with Gasteiger partial charge in [0.25, 0.3) is 0 Å². The average molecular weight is 1070 g/mol. The van der Waals surface area contributed by atoms with Gasteiger partial charge < -0.3 is 49.8 Å². The molecule has 0 radical (unpaired) electrons. The minimum atomic E-state index is -3.75. The largest absolute Gasteiger partial charge is 0.586 e. The molecule has 14 nitrogen and oxygen atoms in total. The van der Waals surface area contributed by atoms with E-state index in [-0.39, 0.29) is 56.4 Å². The number of fused-ring (bicyclic) bond motifs is 4. The van der Waals surface area contributed by atoms with E-state index in [0.29, 0.717) is 74.0 Å². The first-order valence-corrected chi connectivity index (χ1v) is 24.5. The number of anilines is 2. The number of nitrogens with one attached hydrogen (secondary N) is 3. The summed E-state index contributed by atoms with van der Waals surface area (Å²) in [5.74, 6) is -2.55. The van der Waals surface area contributed by atoms with Crippen molar-refractivity contribution in [2.45, 2.75) is 128 Å². The Morgan fingerprint density at radius 1 is 0.600 bits per heavy atom. The second kappa shape index (κ2) is 19.6. The van der Waals surface area contributed by atoms with Gasteiger partial charge in [-0.3, -0.25) is 19.2 Å². The molecule has 0 bridgehead atoms. The van der Waals surface area contributed by atoms with Crippen LogP contribution >= 0.6 is 11.6 Å². The molecule has 2 aliphatic heterocycles. The maximum atomic E-state index is 15.3. The Hall–Kier alpha value is -6.93. The standard InChI is InChI=1S/C27H28F3N3O4.C25H26F3N3O3.C2H3ClO/c1-15(34)31-9-10-33-20-14-18(28)19(11-16(20)12-23(33)25(2,3)4)32-24(35)26(7-8-26)17-5-6-21-22(13-17)37-27(29,30)36-21;1-23(2,3)21-11-14-10-17(16(26)13-18(14)31(21)9-8-29)30-22(32)24(6-7-24)15-4-5-19-20(12-15)34-25(27,28)33-19;1-2(3)4/h5-6,11-14H,7-10H2,1-4H3,(H,31,34)(H,32,35);4-5,10-13H,6-9,29H2,1-3H3,(H,30,32);1H3. The topological polar surface area (TPSA) is 177 Å². The Labute approximate surface area is 433 Å². The van der Waals surface area contributed by atoms with Crippen LogP contribution in [0.4, 0.5) is 37.7 Å². The summed E-state index contributed by atoms with van der Waals surface area (Å²) in [5.41, 5.74) is 7.96. The number of halogens is 7. The molecule has 0 saturated heterocycles. The van der Waals surface area contributed by atoms with Crippen LogP contribution in [-0.2, 0) is 53.9 Å². The third-order valence-electron chi connectivity index (χ3n) is 13.4. The van der Waals surface area contributed by atoms with Crippen molar-refractivity contribution in [1.29, 1.82) is 0 Å². The number of carbonyl (C=O) groups is 4. The van der Waals surface area contributed by atoms with Crippen LogP contribution < -0.4 is 40.6 Å². The number of hydrogen-bond acceptors (Lipinski definition) is 9. The first kappa shape index (κ1) is 54.3. The molecule has 21 heteroatoms. The van der Waals surface area contributed by atoms with E-state index >= 15 is 8.78 Å². The van der Waals surface area contributed by atoms with Crippen LogP contribution in [0.2, 0.25) is 0 Å². The van der Waals surface area contributed by atoms with Crippen LogP contribution in [-0.4, -0.2) is 57.8 Å². The lowest BCUT2D eigenvalue weighted by atomic mass is 9.92. The van der Waals surface area contributed by atoms with Gasteiger partial charge >= 0.3 is 12.6 Å². The van der Waals surface area contributed by atoms with Crippen LogP contribution in [0.25, 0.3) is 21.8 Å². The van der Waals surface area contributed by atoms with Gasteiger partial charge in [-0.15, -0.1) is 17.6 Å². The zero-order valence-electron chi connectivity index (χ0n) is 42.5. The van der Waals surface area contributed by atoms with E-state index in [1.54, 1.807) is 24.3 Å². The van der Waals surface area contributed by atoms with E-state index in [2.05, 4.69) is 67.3 Å². The molecule has 400 valence electrons. The molecule has 0 unspecified atom stereocenters. The first-order chi connectivity index (χ1) is 35.0. The number of ether oxygens (including phenoxy) is 4. The number of hydrogen-bond donors (Lipinski definition) is 4. The van der Waals surface area contributed by atoms with E-state index in [0.717, 1.165) is 22.2 Å². The summed E-state index contributed by atoms with van der Waals surface area (Å²) in [5, 5.41) is 9.39. The van der Waals surface area contributed by atoms with Gasteiger partial charge in [0.2, 0.25) is 23.0 Å². The molecule has 6 aromatic rings. The Bertz CT molecular complexity index is 3260. The van der Waals surface area contributed by atoms with Crippen molar-refractivity contribution < 1.29 is 64.5 Å². The number of alkyl halides is 4. The van der Waals surface area contributed by atoms with E-state index in [1.807, 2.05) is 42.0 Å². The highest BCUT2D eigenvalue weighted by Gasteiger charge is 2.54. The fourth-order valence-corrected chi connectivity index (χ4v) is 9.48. The summed E-state index contributed by atoms with van der Waals surface area (Å²) in [7, 11) is 0. The second-order valence-electron chi connectivity index (χ2n) is 21.1. The normalized spacial score (nSPS) is 16.8. The Morgan fingerprint density at radius 3 is 1.32 bits per heavy atom. The van der Waals surface area contributed by atoms with Crippen molar-refractivity contribution in [2.75, 3.05) is 23.7 Å². The minimum Gasteiger partial charge on any atom is -0.395 e. The van der Waals surface area contributed by atoms with Crippen molar-refractivity contribution in [3.63, 3.8) is 0 Å². The molecule has 4 heterocycles. The molecule has 0 spiro atoms. The van der Waals surface area contributed by atoms with Crippen LogP contribution in [0.15, 0.2) is 72.8 Å². The number of aromatic nitrogens is 2. The molecule has 2 saturated carbocycles. The van der Waals surface area contributed by atoms with Crippen molar-refractivity contribution in [3.05, 3.63) is 107 Å². The summed E-state index contributed by atoms with van der Waals surface area (Å²) in [6.45, 7) is 16.9. The molecule has 4 aliphatic rings. The van der Waals surface area contributed by atoms with Crippen LogP contribution in [0, 0.1) is 11.6 Å². The van der Waals surface area contributed by atoms with Crippen molar-refractivity contribution in [2.24, 2.45) is 5.73 Å². The second-order valence-corrected chi connectivity index (χ2v) is 21.6. The number of rotatable bonds is 11. The van der Waals surface area contributed by atoms with Crippen molar-refractivity contribution in [1.82, 2.24) is 14.5 Å². The number of nitrogens with zero attached hydrogens (tertiary/aromatic N) is 2. The highest BCUT2D eigenvalue weighted by Crippen LogP contribution is 2.54. The molecule has 3 amide bonds. The molecule has 10 rings (SSSR count). The SMILES string of the molecule is CC(=O)Cl.CC(=O)NCCn1c(C(C)(C)C)cc2cc(NC(=O)C3(c4ccc5c(c4)OC(F)(F)O5)CC3)c(F)cc21.CC(C)(C)c1cc2cc(NC(=O)C3(c4ccc5c(c4)OC(F)(F)O5)CC3)c(F)cc2n1CCN. The maximum absolute atomic E-state index is 15.3. The third kappa shape index (κ3) is 11.4. The molecule has 2 aliphatic carbocycles. The fraction of sp³-hybridized carbons (Fsp3) is 0.407. The van der Waals surface area contributed by atoms with Gasteiger partial charge in [0.15, 0.2) is 23.0 Å². The van der Waals surface area contributed by atoms with Gasteiger partial charge in [0.05, 0.1) is 33.2 Å². The third-order valence-corrected chi connectivity index (χ3v) is 13.4. The zero-order valence-corrected chi connectivity index (χ0v) is 43.2. The van der Waals surface area contributed by atoms with E-state index in [4.69, 9.17) is 5.73 Å². The summed E-state index contributed by atoms with van der Waals surface area (Å²) in [6, 6.07) is 18.6. The Kier molecular flexibility index (Phi) is 14.2. The summed E-state index contributed by atoms with van der Waals surface area (Å²) >= 11 is 4.64. The molecule has 0 atom stereocenters. The summed E-state index contributed by atoms with van der Waals surface area (Å²) in [4.78, 5) is 47.1. The summed E-state index contributed by atoms with van der Waals surface area (Å²) in [6.07, 6.45) is -5.47. The lowest BCUT2D eigenvalue weighted by Gasteiger charge is -2.22. The van der Waals surface area contributed by atoms with E-state index < -0.39 is 46.9 Å². The number of benzene rings is 4. The van der Waals surface area contributed by atoms with Gasteiger partial charge in [-0.05, 0) is 96.9 Å². The Balaban J connectivity index is 0.000000187. The predicted octanol–water partition coefficient (Wildman–Crippen LogP) is 11.0. The van der Waals surface area contributed by atoms with Gasteiger partial charge in [-0.1, -0.05) is 53.7 Å². The predicted molar refractivity (Wildman–Crippen MR) is 270 cm³/mol. The monoisotopic (exact) mass is 1070 g/mol. The van der Waals surface area contributed by atoms with Gasteiger partial charge in [-0.2, -0.15) is 0 Å². The molecule has 2 aromatic heterocycles. The molecule has 5 N–H and O–H groups in total. The summed E-state index contributed by atoms with van der Waals surface area (Å²) < 4.78 is 106. The number of nitrogens with two attached hydrogens (primary N) is 1. The van der Waals surface area contributed by atoms with Crippen LogP contribution in [0.3, 0.4) is 0 Å². The molecular formula is C54H57ClF6N6O8. The minimum absolute atomic E-state index is 0.0375. The number of amides is 3. The fourth-order valence-electron chi connectivity index (χ4n) is 9.48. The average Bonchev–Trinajstić information content (AvgIpc) is 4.16. The highest BCUT2D eigenvalue weighted by atomic mass is 35.5. The Morgan fingerprint density at radius 2 is 0.973 bits per heavy atom. The molecule has 75 heavy (non-hydrogen) atoms. The molecular weight excluding hydrogens is 1010 g/mol. The lowest BCUT2D eigenvalue weighted by molar-refractivity contribution is -0.287. The lowest BCUT2D eigenvalue weighted by Crippen LogP contribution is -2.28. The molecule has 2 fully saturated rings. The van der Waals surface area contributed by atoms with Gasteiger partial charge in [0, 0.05) is 85.1 Å². The zero-order chi connectivity index (χ0) is 54.8. The quantitative estimate of drug-likeness (QED) is 0.0726. The van der Waals surface area contributed by atoms with Gasteiger partial charge in [-0.25, -0.2) is 8.78 Å². The molecule has 4 aromatic carbocycles. The van der Waals surface area contributed by atoms with E-state index in [1.165, 1.54) is 50.2 Å². The van der Waals surface area contributed by atoms with Crippen molar-refractivity contribution >= 4 is 67.7 Å². The van der Waals surface area contributed by atoms with Crippen molar-refractivity contribution in [3.8, 4) is 23.0 Å². The smallest absolute Gasteiger partial charge is 0.395 e. The number of carbonyl (C=O) groups excluding carboxylic acids is 4. The maximum Gasteiger partial charge on any atom is 0.586 e. The first-order valence-electron chi connectivity index (χ1n) is 24.2. The van der Waals surface area contributed by atoms with Crippen LogP contribution in [0.1, 0.15) is 104 Å². The van der Waals surface area contributed by atoms with Crippen LogP contribution in [0.5, 0.6) is 23.0 Å².